The molecule has 3 aromatic rings. The van der Waals surface area contributed by atoms with Crippen LogP contribution in [0.1, 0.15) is 27.4 Å². The fourth-order valence-electron chi connectivity index (χ4n) is 2.85. The first kappa shape index (κ1) is 20.8. The minimum atomic E-state index is -3.94. The van der Waals surface area contributed by atoms with Crippen molar-refractivity contribution in [1.82, 2.24) is 14.5 Å². The van der Waals surface area contributed by atoms with Gasteiger partial charge in [-0.1, -0.05) is 0 Å². The maximum absolute atomic E-state index is 12.7. The van der Waals surface area contributed by atoms with Gasteiger partial charge in [-0.3, -0.25) is 0 Å². The van der Waals surface area contributed by atoms with Crippen LogP contribution in [0.2, 0.25) is 0 Å². The van der Waals surface area contributed by atoms with Crippen LogP contribution in [0.5, 0.6) is 0 Å². The Bertz CT molecular complexity index is 1250. The van der Waals surface area contributed by atoms with Crippen molar-refractivity contribution in [3.8, 4) is 11.8 Å². The van der Waals surface area contributed by atoms with Crippen molar-refractivity contribution < 1.29 is 17.9 Å². The van der Waals surface area contributed by atoms with Crippen molar-refractivity contribution in [1.29, 1.82) is 5.26 Å². The molecule has 0 aliphatic heterocycles. The number of nitrogens with zero attached hydrogens (tertiary/aromatic N) is 4. The highest BCUT2D eigenvalue weighted by Crippen LogP contribution is 2.25. The predicted octanol–water partition coefficient (Wildman–Crippen LogP) is 1.93. The van der Waals surface area contributed by atoms with Crippen LogP contribution in [0, 0.1) is 25.2 Å². The van der Waals surface area contributed by atoms with Crippen molar-refractivity contribution in [2.45, 2.75) is 18.7 Å². The molecule has 2 heterocycles. The molecular formula is C19H18N6O4S. The zero-order chi connectivity index (χ0) is 22.1. The summed E-state index contributed by atoms with van der Waals surface area (Å²) in [6, 6.07) is 9.28. The van der Waals surface area contributed by atoms with E-state index in [1.54, 1.807) is 19.9 Å². The van der Waals surface area contributed by atoms with Gasteiger partial charge in [0.1, 0.15) is 6.07 Å². The van der Waals surface area contributed by atoms with Gasteiger partial charge in [0.2, 0.25) is 5.95 Å². The molecule has 0 aliphatic carbocycles. The van der Waals surface area contributed by atoms with Crippen LogP contribution in [-0.4, -0.2) is 36.0 Å². The average molecular weight is 426 g/mol. The molecule has 30 heavy (non-hydrogen) atoms. The summed E-state index contributed by atoms with van der Waals surface area (Å²) in [7, 11) is -2.74. The molecule has 0 bridgehead atoms. The normalized spacial score (nSPS) is 11.0. The summed E-state index contributed by atoms with van der Waals surface area (Å²) in [5.74, 6) is -0.749. The monoisotopic (exact) mass is 426 g/mol. The van der Waals surface area contributed by atoms with Crippen LogP contribution in [0.4, 0.5) is 11.6 Å². The van der Waals surface area contributed by atoms with Crippen molar-refractivity contribution >= 4 is 27.6 Å². The average Bonchev–Trinajstić information content (AvgIpc) is 3.02. The molecule has 3 rings (SSSR count). The van der Waals surface area contributed by atoms with Gasteiger partial charge in [0.05, 0.1) is 23.3 Å². The van der Waals surface area contributed by atoms with Gasteiger partial charge in [-0.25, -0.2) is 27.9 Å². The highest BCUT2D eigenvalue weighted by Gasteiger charge is 2.22. The Labute approximate surface area is 173 Å². The molecule has 1 aromatic carbocycles. The molecule has 154 valence electrons. The number of hydrogen-bond donors (Lipinski definition) is 2. The Balaban J connectivity index is 1.97. The molecule has 10 nitrogen and oxygen atoms in total. The summed E-state index contributed by atoms with van der Waals surface area (Å²) in [5, 5.41) is 9.19. The molecule has 0 amide bonds. The number of carbonyl (C=O) groups excluding carboxylic acids is 1. The van der Waals surface area contributed by atoms with E-state index in [0.717, 1.165) is 0 Å². The Hall–Kier alpha value is -3.91. The lowest BCUT2D eigenvalue weighted by molar-refractivity contribution is 0.0593. The van der Waals surface area contributed by atoms with E-state index in [9.17, 15) is 18.5 Å². The van der Waals surface area contributed by atoms with Crippen molar-refractivity contribution in [3.05, 3.63) is 59.2 Å². The lowest BCUT2D eigenvalue weighted by atomic mass is 10.2. The Morgan fingerprint density at radius 2 is 1.80 bits per heavy atom. The van der Waals surface area contributed by atoms with Crippen LogP contribution in [0.3, 0.4) is 0 Å². The molecule has 0 radical (unpaired) electrons. The van der Waals surface area contributed by atoms with Gasteiger partial charge >= 0.3 is 5.97 Å². The highest BCUT2D eigenvalue weighted by atomic mass is 32.2. The van der Waals surface area contributed by atoms with Crippen molar-refractivity contribution in [2.24, 2.45) is 0 Å². The summed E-state index contributed by atoms with van der Waals surface area (Å²) in [5.41, 5.74) is 7.61. The number of benzene rings is 1. The first-order valence-corrected chi connectivity index (χ1v) is 10.1. The van der Waals surface area contributed by atoms with E-state index in [-0.39, 0.29) is 27.8 Å². The summed E-state index contributed by atoms with van der Waals surface area (Å²) < 4.78 is 33.8. The van der Waals surface area contributed by atoms with Gasteiger partial charge in [0.25, 0.3) is 10.0 Å². The first-order valence-electron chi connectivity index (χ1n) is 8.61. The third-order valence-electron chi connectivity index (χ3n) is 4.18. The molecule has 3 N–H and O–H groups in total. The molecule has 11 heteroatoms. The number of nitrogen functional groups attached to an aromatic ring is 1. The van der Waals surface area contributed by atoms with E-state index in [2.05, 4.69) is 14.7 Å². The fraction of sp³-hybridized carbons (Fsp3) is 0.158. The second-order valence-corrected chi connectivity index (χ2v) is 8.03. The topological polar surface area (TPSA) is 153 Å². The molecule has 0 fully saturated rings. The lowest BCUT2D eigenvalue weighted by Gasteiger charge is -2.11. The number of ether oxygens (including phenoxy) is 1. The number of carbonyl (C=O) groups is 1. The van der Waals surface area contributed by atoms with Gasteiger partial charge in [-0.05, 0) is 44.2 Å². The SMILES string of the molecule is COC(=O)c1c(N)c(C#N)cn1-c1ccc(S(=O)(=O)Nc2nc(C)cc(C)n2)cc1. The maximum Gasteiger partial charge on any atom is 0.357 e. The van der Waals surface area contributed by atoms with Gasteiger partial charge in [-0.15, -0.1) is 0 Å². The van der Waals surface area contributed by atoms with Crippen LogP contribution in [0.25, 0.3) is 5.69 Å². The van der Waals surface area contributed by atoms with E-state index in [1.807, 2.05) is 6.07 Å². The van der Waals surface area contributed by atoms with Crippen molar-refractivity contribution in [3.63, 3.8) is 0 Å². The highest BCUT2D eigenvalue weighted by molar-refractivity contribution is 7.92. The number of aryl methyl sites for hydroxylation is 2. The summed E-state index contributed by atoms with van der Waals surface area (Å²) in [4.78, 5) is 20.2. The van der Waals surface area contributed by atoms with Gasteiger partial charge in [0, 0.05) is 23.3 Å². The number of sulfonamides is 1. The van der Waals surface area contributed by atoms with E-state index in [0.29, 0.717) is 17.1 Å². The van der Waals surface area contributed by atoms with Gasteiger partial charge in [0.15, 0.2) is 5.69 Å². The number of methoxy groups -OCH3 is 1. The second-order valence-electron chi connectivity index (χ2n) is 6.35. The molecule has 0 atom stereocenters. The zero-order valence-corrected chi connectivity index (χ0v) is 17.2. The molecular weight excluding hydrogens is 408 g/mol. The molecule has 0 saturated carbocycles. The standard InChI is InChI=1S/C19H18N6O4S/c1-11-8-12(2)23-19(22-11)24-30(27,28)15-6-4-14(5-7-15)25-10-13(9-20)16(21)17(25)18(26)29-3/h4-8,10H,21H2,1-3H3,(H,22,23,24). The van der Waals surface area contributed by atoms with Crippen LogP contribution >= 0.6 is 0 Å². The van der Waals surface area contributed by atoms with Crippen LogP contribution in [-0.2, 0) is 14.8 Å². The third kappa shape index (κ3) is 3.94. The van der Waals surface area contributed by atoms with Crippen LogP contribution < -0.4 is 10.5 Å². The number of esters is 1. The lowest BCUT2D eigenvalue weighted by Crippen LogP contribution is -2.16. The molecule has 0 saturated heterocycles. The van der Waals surface area contributed by atoms with Gasteiger partial charge < -0.3 is 15.0 Å². The van der Waals surface area contributed by atoms with E-state index in [4.69, 9.17) is 10.5 Å². The smallest absolute Gasteiger partial charge is 0.357 e. The Kier molecular flexibility index (Phi) is 5.44. The fourth-order valence-corrected chi connectivity index (χ4v) is 3.80. The molecule has 0 aliphatic rings. The quantitative estimate of drug-likeness (QED) is 0.587. The largest absolute Gasteiger partial charge is 0.464 e. The number of anilines is 2. The number of hydrogen-bond acceptors (Lipinski definition) is 8. The first-order chi connectivity index (χ1) is 14.2. The van der Waals surface area contributed by atoms with Gasteiger partial charge in [-0.2, -0.15) is 5.26 Å². The maximum atomic E-state index is 12.7. The minimum Gasteiger partial charge on any atom is -0.464 e. The van der Waals surface area contributed by atoms with E-state index < -0.39 is 16.0 Å². The molecule has 2 aromatic heterocycles. The van der Waals surface area contributed by atoms with E-state index >= 15 is 0 Å². The Morgan fingerprint density at radius 1 is 1.20 bits per heavy atom. The second kappa shape index (κ2) is 7.84. The number of nitrogens with one attached hydrogen (secondary N) is 1. The number of nitriles is 1. The Morgan fingerprint density at radius 3 is 2.33 bits per heavy atom. The summed E-state index contributed by atoms with van der Waals surface area (Å²) in [6.45, 7) is 3.47. The molecule has 0 spiro atoms. The van der Waals surface area contributed by atoms with Crippen molar-refractivity contribution in [2.75, 3.05) is 17.6 Å². The number of rotatable bonds is 5. The third-order valence-corrected chi connectivity index (χ3v) is 5.52. The molecule has 0 unspecified atom stereocenters. The number of nitrogens with two attached hydrogens (primary N) is 1. The minimum absolute atomic E-state index is 0.0188. The summed E-state index contributed by atoms with van der Waals surface area (Å²) >= 11 is 0. The predicted molar refractivity (Wildman–Crippen MR) is 109 cm³/mol. The van der Waals surface area contributed by atoms with E-state index in [1.165, 1.54) is 42.1 Å². The van der Waals surface area contributed by atoms with Crippen LogP contribution in [0.15, 0.2) is 41.4 Å². The zero-order valence-electron chi connectivity index (χ0n) is 16.4. The summed E-state index contributed by atoms with van der Waals surface area (Å²) in [6.07, 6.45) is 1.38. The number of aromatic nitrogens is 3.